The number of rotatable bonds is 9. The van der Waals surface area contributed by atoms with Gasteiger partial charge in [-0.05, 0) is 37.6 Å². The van der Waals surface area contributed by atoms with Crippen LogP contribution in [0.25, 0.3) is 0 Å². The van der Waals surface area contributed by atoms with Gasteiger partial charge >= 0.3 is 0 Å². The van der Waals surface area contributed by atoms with Gasteiger partial charge in [-0.3, -0.25) is 4.79 Å². The third-order valence-corrected chi connectivity index (χ3v) is 3.07. The fourth-order valence-electron chi connectivity index (χ4n) is 1.73. The number of alkyl halides is 2. The Kier molecular flexibility index (Phi) is 7.24. The molecule has 1 amide bonds. The zero-order chi connectivity index (χ0) is 16.6. The Hall–Kier alpha value is -1.69. The molecule has 22 heavy (non-hydrogen) atoms. The summed E-state index contributed by atoms with van der Waals surface area (Å²) >= 11 is 0. The standard InChI is InChI=1S/C16H24F2N2O2/c1-16(17,18)8-10-22-14-6-4-5-13(11-14)7-9-19-12-15(21)20(2)3/h4-6,11,19H,7-10,12H2,1-3H3. The van der Waals surface area contributed by atoms with E-state index in [0.29, 0.717) is 18.8 Å². The molecule has 0 heterocycles. The summed E-state index contributed by atoms with van der Waals surface area (Å²) in [6, 6.07) is 7.36. The first-order valence-electron chi connectivity index (χ1n) is 7.28. The quantitative estimate of drug-likeness (QED) is 0.711. The molecule has 6 heteroatoms. The van der Waals surface area contributed by atoms with Crippen LogP contribution in [-0.4, -0.2) is 50.5 Å². The molecule has 4 nitrogen and oxygen atoms in total. The highest BCUT2D eigenvalue weighted by Gasteiger charge is 2.20. The number of benzene rings is 1. The molecule has 1 N–H and O–H groups in total. The van der Waals surface area contributed by atoms with Crippen LogP contribution in [0.1, 0.15) is 18.9 Å². The maximum atomic E-state index is 12.7. The number of hydrogen-bond donors (Lipinski definition) is 1. The van der Waals surface area contributed by atoms with Crippen molar-refractivity contribution in [1.29, 1.82) is 0 Å². The van der Waals surface area contributed by atoms with Gasteiger partial charge in [0.05, 0.1) is 13.2 Å². The Morgan fingerprint density at radius 3 is 2.73 bits per heavy atom. The van der Waals surface area contributed by atoms with Gasteiger partial charge in [-0.15, -0.1) is 0 Å². The van der Waals surface area contributed by atoms with Crippen molar-refractivity contribution in [3.05, 3.63) is 29.8 Å². The van der Waals surface area contributed by atoms with E-state index in [-0.39, 0.29) is 18.9 Å². The molecular weight excluding hydrogens is 290 g/mol. The lowest BCUT2D eigenvalue weighted by atomic mass is 10.1. The van der Waals surface area contributed by atoms with Gasteiger partial charge in [0.25, 0.3) is 0 Å². The number of nitrogens with one attached hydrogen (secondary N) is 1. The lowest BCUT2D eigenvalue weighted by Crippen LogP contribution is -2.33. The molecule has 0 unspecified atom stereocenters. The summed E-state index contributed by atoms with van der Waals surface area (Å²) in [5.74, 6) is -2.09. The van der Waals surface area contributed by atoms with Crippen LogP contribution >= 0.6 is 0 Å². The number of halogens is 2. The second-order valence-electron chi connectivity index (χ2n) is 5.53. The smallest absolute Gasteiger partial charge is 0.248 e. The monoisotopic (exact) mass is 314 g/mol. The number of nitrogens with zero attached hydrogens (tertiary/aromatic N) is 1. The molecule has 124 valence electrons. The van der Waals surface area contributed by atoms with Crippen molar-refractivity contribution in [3.63, 3.8) is 0 Å². The lowest BCUT2D eigenvalue weighted by molar-refractivity contribution is -0.127. The maximum Gasteiger partial charge on any atom is 0.248 e. The van der Waals surface area contributed by atoms with Crippen molar-refractivity contribution in [2.75, 3.05) is 33.8 Å². The number of amides is 1. The Morgan fingerprint density at radius 2 is 2.09 bits per heavy atom. The highest BCUT2D eigenvalue weighted by Crippen LogP contribution is 2.19. The van der Waals surface area contributed by atoms with Crippen LogP contribution in [-0.2, 0) is 11.2 Å². The van der Waals surface area contributed by atoms with E-state index < -0.39 is 5.92 Å². The fraction of sp³-hybridized carbons (Fsp3) is 0.562. The van der Waals surface area contributed by atoms with Crippen molar-refractivity contribution in [2.24, 2.45) is 0 Å². The molecule has 0 aromatic heterocycles. The van der Waals surface area contributed by atoms with Crippen LogP contribution in [0.4, 0.5) is 8.78 Å². The molecule has 0 aliphatic carbocycles. The van der Waals surface area contributed by atoms with E-state index in [0.717, 1.165) is 18.9 Å². The minimum absolute atomic E-state index is 0.0114. The largest absolute Gasteiger partial charge is 0.493 e. The second kappa shape index (κ2) is 8.68. The molecular formula is C16H24F2N2O2. The van der Waals surface area contributed by atoms with E-state index in [1.807, 2.05) is 18.2 Å². The molecule has 0 spiro atoms. The average molecular weight is 314 g/mol. The first-order valence-corrected chi connectivity index (χ1v) is 7.28. The van der Waals surface area contributed by atoms with Crippen LogP contribution < -0.4 is 10.1 Å². The minimum Gasteiger partial charge on any atom is -0.493 e. The molecule has 0 radical (unpaired) electrons. The molecule has 0 bridgehead atoms. The number of likely N-dealkylation sites (N-methyl/N-ethyl adjacent to an activating group) is 1. The number of carbonyl (C=O) groups is 1. The van der Waals surface area contributed by atoms with E-state index in [9.17, 15) is 13.6 Å². The summed E-state index contributed by atoms with van der Waals surface area (Å²) < 4.78 is 30.8. The molecule has 0 saturated carbocycles. The lowest BCUT2D eigenvalue weighted by Gasteiger charge is -2.12. The molecule has 0 saturated heterocycles. The zero-order valence-electron chi connectivity index (χ0n) is 13.4. The van der Waals surface area contributed by atoms with Crippen LogP contribution in [0.5, 0.6) is 5.75 Å². The van der Waals surface area contributed by atoms with Gasteiger partial charge in [0, 0.05) is 20.5 Å². The molecule has 1 aromatic rings. The van der Waals surface area contributed by atoms with Crippen molar-refractivity contribution in [2.45, 2.75) is 25.7 Å². The molecule has 1 rings (SSSR count). The molecule has 1 aromatic carbocycles. The number of ether oxygens (including phenoxy) is 1. The van der Waals surface area contributed by atoms with Gasteiger partial charge in [0.1, 0.15) is 5.75 Å². The minimum atomic E-state index is -2.71. The number of hydrogen-bond acceptors (Lipinski definition) is 3. The van der Waals surface area contributed by atoms with Crippen LogP contribution in [0.3, 0.4) is 0 Å². The number of carbonyl (C=O) groups excluding carboxylic acids is 1. The van der Waals surface area contributed by atoms with E-state index in [2.05, 4.69) is 5.32 Å². The first kappa shape index (κ1) is 18.4. The Balaban J connectivity index is 2.33. The maximum absolute atomic E-state index is 12.7. The van der Waals surface area contributed by atoms with Gasteiger partial charge in [0.2, 0.25) is 11.8 Å². The zero-order valence-corrected chi connectivity index (χ0v) is 13.4. The normalized spacial score (nSPS) is 11.3. The predicted molar refractivity (Wildman–Crippen MR) is 82.4 cm³/mol. The van der Waals surface area contributed by atoms with Crippen molar-refractivity contribution in [1.82, 2.24) is 10.2 Å². The van der Waals surface area contributed by atoms with E-state index in [1.165, 1.54) is 4.90 Å². The van der Waals surface area contributed by atoms with Crippen molar-refractivity contribution in [3.8, 4) is 5.75 Å². The summed E-state index contributed by atoms with van der Waals surface area (Å²) in [5.41, 5.74) is 1.03. The van der Waals surface area contributed by atoms with Crippen LogP contribution in [0.2, 0.25) is 0 Å². The average Bonchev–Trinajstić information content (AvgIpc) is 2.42. The predicted octanol–water partition coefficient (Wildman–Crippen LogP) is 2.33. The molecule has 0 aliphatic heterocycles. The summed E-state index contributed by atoms with van der Waals surface area (Å²) in [7, 11) is 3.43. The molecule has 0 atom stereocenters. The van der Waals surface area contributed by atoms with Gasteiger partial charge in [-0.2, -0.15) is 0 Å². The summed E-state index contributed by atoms with van der Waals surface area (Å²) in [4.78, 5) is 12.9. The topological polar surface area (TPSA) is 41.6 Å². The van der Waals surface area contributed by atoms with E-state index in [4.69, 9.17) is 4.74 Å². The molecule has 0 fully saturated rings. The van der Waals surface area contributed by atoms with Gasteiger partial charge in [-0.1, -0.05) is 12.1 Å². The first-order chi connectivity index (χ1) is 10.3. The van der Waals surface area contributed by atoms with Crippen LogP contribution in [0, 0.1) is 0 Å². The van der Waals surface area contributed by atoms with Crippen molar-refractivity contribution < 1.29 is 18.3 Å². The van der Waals surface area contributed by atoms with Gasteiger partial charge in [-0.25, -0.2) is 8.78 Å². The highest BCUT2D eigenvalue weighted by molar-refractivity contribution is 5.77. The van der Waals surface area contributed by atoms with E-state index in [1.54, 1.807) is 20.2 Å². The third-order valence-electron chi connectivity index (χ3n) is 3.07. The van der Waals surface area contributed by atoms with E-state index >= 15 is 0 Å². The Labute approximate surface area is 130 Å². The fourth-order valence-corrected chi connectivity index (χ4v) is 1.73. The van der Waals surface area contributed by atoms with Gasteiger partial charge < -0.3 is 15.0 Å². The van der Waals surface area contributed by atoms with Crippen LogP contribution in [0.15, 0.2) is 24.3 Å². The molecule has 0 aliphatic rings. The SMILES string of the molecule is CN(C)C(=O)CNCCc1cccc(OCCC(C)(F)F)c1. The Bertz CT molecular complexity index is 473. The summed E-state index contributed by atoms with van der Waals surface area (Å²) in [6.07, 6.45) is 0.438. The third kappa shape index (κ3) is 7.93. The second-order valence-corrected chi connectivity index (χ2v) is 5.53. The summed E-state index contributed by atoms with van der Waals surface area (Å²) in [6.45, 7) is 1.83. The Morgan fingerprint density at radius 1 is 1.36 bits per heavy atom. The van der Waals surface area contributed by atoms with Gasteiger partial charge in [0.15, 0.2) is 0 Å². The van der Waals surface area contributed by atoms with Crippen molar-refractivity contribution >= 4 is 5.91 Å². The summed E-state index contributed by atoms with van der Waals surface area (Å²) in [5, 5.41) is 3.07. The highest BCUT2D eigenvalue weighted by atomic mass is 19.3.